The van der Waals surface area contributed by atoms with Gasteiger partial charge in [-0.3, -0.25) is 0 Å². The van der Waals surface area contributed by atoms with Crippen molar-refractivity contribution in [2.45, 2.75) is 26.1 Å². The van der Waals surface area contributed by atoms with E-state index in [2.05, 4.69) is 0 Å². The second-order valence-corrected chi connectivity index (χ2v) is 5.90. The maximum atomic E-state index is 13.7. The van der Waals surface area contributed by atoms with Gasteiger partial charge < -0.3 is 9.30 Å². The van der Waals surface area contributed by atoms with Gasteiger partial charge in [-0.1, -0.05) is 25.1 Å². The van der Waals surface area contributed by atoms with Gasteiger partial charge in [-0.05, 0) is 42.3 Å². The standard InChI is InChI=1S/C20H16F5NO/c1-2-13-6-8-14(9-7-13)26-11-10-15(20(23,24)25)18(26)12-27-19-16(21)4-3-5-17(19)22/h3-11H,2,12H2,1H3. The minimum atomic E-state index is -4.62. The number of halogens is 5. The summed E-state index contributed by atoms with van der Waals surface area (Å²) < 4.78 is 73.9. The van der Waals surface area contributed by atoms with Crippen molar-refractivity contribution in [2.24, 2.45) is 0 Å². The zero-order valence-corrected chi connectivity index (χ0v) is 14.4. The van der Waals surface area contributed by atoms with E-state index in [4.69, 9.17) is 4.74 Å². The van der Waals surface area contributed by atoms with Gasteiger partial charge in [0.25, 0.3) is 0 Å². The van der Waals surface area contributed by atoms with Crippen LogP contribution in [0.15, 0.2) is 54.7 Å². The number of benzene rings is 2. The molecular weight excluding hydrogens is 365 g/mol. The Morgan fingerprint density at radius 1 is 0.926 bits per heavy atom. The van der Waals surface area contributed by atoms with Crippen LogP contribution < -0.4 is 4.74 Å². The van der Waals surface area contributed by atoms with Crippen molar-refractivity contribution in [2.75, 3.05) is 0 Å². The van der Waals surface area contributed by atoms with Gasteiger partial charge in [0.15, 0.2) is 17.4 Å². The molecule has 142 valence electrons. The van der Waals surface area contributed by atoms with Gasteiger partial charge in [0.1, 0.15) is 6.61 Å². The molecule has 3 rings (SSSR count). The van der Waals surface area contributed by atoms with Crippen LogP contribution in [0.5, 0.6) is 5.75 Å². The van der Waals surface area contributed by atoms with Gasteiger partial charge in [0.05, 0.1) is 11.3 Å². The Morgan fingerprint density at radius 2 is 1.56 bits per heavy atom. The predicted octanol–water partition coefficient (Wildman–Crippen LogP) is 5.92. The van der Waals surface area contributed by atoms with Crippen molar-refractivity contribution in [1.29, 1.82) is 0 Å². The Morgan fingerprint density at radius 3 is 2.11 bits per heavy atom. The highest BCUT2D eigenvalue weighted by atomic mass is 19.4. The number of ether oxygens (including phenoxy) is 1. The molecule has 1 heterocycles. The van der Waals surface area contributed by atoms with Crippen LogP contribution in [0.2, 0.25) is 0 Å². The van der Waals surface area contributed by atoms with Crippen LogP contribution in [-0.2, 0) is 19.2 Å². The third-order valence-corrected chi connectivity index (χ3v) is 4.19. The Balaban J connectivity index is 1.99. The normalized spacial score (nSPS) is 11.6. The summed E-state index contributed by atoms with van der Waals surface area (Å²) in [6.45, 7) is 1.32. The molecule has 0 aliphatic rings. The van der Waals surface area contributed by atoms with Crippen LogP contribution >= 0.6 is 0 Å². The Labute approximate surface area is 152 Å². The molecule has 0 radical (unpaired) electrons. The van der Waals surface area contributed by atoms with Crippen molar-refractivity contribution in [3.05, 3.63) is 83.2 Å². The first-order valence-corrected chi connectivity index (χ1v) is 8.24. The van der Waals surface area contributed by atoms with E-state index in [9.17, 15) is 22.0 Å². The molecule has 0 unspecified atom stereocenters. The van der Waals surface area contributed by atoms with E-state index in [1.165, 1.54) is 10.8 Å². The van der Waals surface area contributed by atoms with Crippen LogP contribution in [0, 0.1) is 11.6 Å². The van der Waals surface area contributed by atoms with Crippen LogP contribution in [0.1, 0.15) is 23.7 Å². The molecule has 2 aromatic carbocycles. The minimum Gasteiger partial charge on any atom is -0.481 e. The molecule has 0 N–H and O–H groups in total. The smallest absolute Gasteiger partial charge is 0.418 e. The molecule has 0 aliphatic carbocycles. The number of aryl methyl sites for hydroxylation is 1. The van der Waals surface area contributed by atoms with E-state index in [-0.39, 0.29) is 5.69 Å². The van der Waals surface area contributed by atoms with Gasteiger partial charge >= 0.3 is 6.18 Å². The SMILES string of the molecule is CCc1ccc(-n2ccc(C(F)(F)F)c2COc2c(F)cccc2F)cc1. The highest BCUT2D eigenvalue weighted by Gasteiger charge is 2.35. The first-order chi connectivity index (χ1) is 12.8. The van der Waals surface area contributed by atoms with Gasteiger partial charge in [-0.15, -0.1) is 0 Å². The zero-order chi connectivity index (χ0) is 19.6. The summed E-state index contributed by atoms with van der Waals surface area (Å²) in [4.78, 5) is 0. The average Bonchev–Trinajstić information content (AvgIpc) is 3.05. The summed E-state index contributed by atoms with van der Waals surface area (Å²) in [5, 5.41) is 0. The lowest BCUT2D eigenvalue weighted by Gasteiger charge is -2.15. The lowest BCUT2D eigenvalue weighted by Crippen LogP contribution is -2.13. The maximum Gasteiger partial charge on any atom is 0.418 e. The summed E-state index contributed by atoms with van der Waals surface area (Å²) in [6, 6.07) is 11.0. The maximum absolute atomic E-state index is 13.7. The molecule has 0 bridgehead atoms. The number of alkyl halides is 3. The highest BCUT2D eigenvalue weighted by molar-refractivity contribution is 5.41. The lowest BCUT2D eigenvalue weighted by atomic mass is 10.1. The fourth-order valence-electron chi connectivity index (χ4n) is 2.77. The molecule has 0 aliphatic heterocycles. The zero-order valence-electron chi connectivity index (χ0n) is 14.4. The molecule has 3 aromatic rings. The number of nitrogens with zero attached hydrogens (tertiary/aromatic N) is 1. The summed E-state index contributed by atoms with van der Waals surface area (Å²) in [7, 11) is 0. The number of para-hydroxylation sites is 1. The van der Waals surface area contributed by atoms with Crippen molar-refractivity contribution >= 4 is 0 Å². The minimum absolute atomic E-state index is 0.241. The Bertz CT molecular complexity index is 908. The first kappa shape index (κ1) is 18.9. The van der Waals surface area contributed by atoms with E-state index in [1.54, 1.807) is 12.1 Å². The van der Waals surface area contributed by atoms with E-state index in [0.29, 0.717) is 5.69 Å². The van der Waals surface area contributed by atoms with Crippen molar-refractivity contribution < 1.29 is 26.7 Å². The molecule has 0 amide bonds. The van der Waals surface area contributed by atoms with Crippen LogP contribution in [0.3, 0.4) is 0 Å². The summed E-state index contributed by atoms with van der Waals surface area (Å²) in [5.41, 5.74) is 0.372. The summed E-state index contributed by atoms with van der Waals surface area (Å²) in [6.07, 6.45) is -2.57. The molecule has 27 heavy (non-hydrogen) atoms. The van der Waals surface area contributed by atoms with Gasteiger partial charge in [0, 0.05) is 11.9 Å². The third-order valence-electron chi connectivity index (χ3n) is 4.19. The fourth-order valence-corrected chi connectivity index (χ4v) is 2.77. The predicted molar refractivity (Wildman–Crippen MR) is 90.8 cm³/mol. The van der Waals surface area contributed by atoms with Crippen molar-refractivity contribution in [3.8, 4) is 11.4 Å². The number of aromatic nitrogens is 1. The monoisotopic (exact) mass is 381 g/mol. The molecule has 0 atom stereocenters. The largest absolute Gasteiger partial charge is 0.481 e. The highest BCUT2D eigenvalue weighted by Crippen LogP contribution is 2.35. The van der Waals surface area contributed by atoms with E-state index < -0.39 is 35.7 Å². The van der Waals surface area contributed by atoms with Gasteiger partial charge in [-0.2, -0.15) is 13.2 Å². The average molecular weight is 381 g/mol. The summed E-state index contributed by atoms with van der Waals surface area (Å²) >= 11 is 0. The fraction of sp³-hybridized carbons (Fsp3) is 0.200. The molecule has 7 heteroatoms. The van der Waals surface area contributed by atoms with Crippen molar-refractivity contribution in [1.82, 2.24) is 4.57 Å². The summed E-state index contributed by atoms with van der Waals surface area (Å²) in [5.74, 6) is -2.66. The molecule has 2 nitrogen and oxygen atoms in total. The number of hydrogen-bond acceptors (Lipinski definition) is 1. The van der Waals surface area contributed by atoms with Crippen LogP contribution in [0.25, 0.3) is 5.69 Å². The first-order valence-electron chi connectivity index (χ1n) is 8.24. The number of rotatable bonds is 5. The quantitative estimate of drug-likeness (QED) is 0.501. The second kappa shape index (κ2) is 7.42. The van der Waals surface area contributed by atoms with E-state index in [1.807, 2.05) is 19.1 Å². The van der Waals surface area contributed by atoms with Crippen LogP contribution in [-0.4, -0.2) is 4.57 Å². The second-order valence-electron chi connectivity index (χ2n) is 5.90. The van der Waals surface area contributed by atoms with Crippen molar-refractivity contribution in [3.63, 3.8) is 0 Å². The molecule has 0 saturated carbocycles. The van der Waals surface area contributed by atoms with Crippen LogP contribution in [0.4, 0.5) is 22.0 Å². The lowest BCUT2D eigenvalue weighted by molar-refractivity contribution is -0.138. The van der Waals surface area contributed by atoms with Gasteiger partial charge in [0.2, 0.25) is 0 Å². The molecule has 0 fully saturated rings. The topological polar surface area (TPSA) is 14.2 Å². The molecular formula is C20H16F5NO. The van der Waals surface area contributed by atoms with Gasteiger partial charge in [-0.25, -0.2) is 8.78 Å². The number of hydrogen-bond donors (Lipinski definition) is 0. The van der Waals surface area contributed by atoms with E-state index >= 15 is 0 Å². The third kappa shape index (κ3) is 3.97. The Hall–Kier alpha value is -2.83. The molecule has 1 aromatic heterocycles. The molecule has 0 spiro atoms. The Kier molecular flexibility index (Phi) is 5.21. The molecule has 0 saturated heterocycles. The van der Waals surface area contributed by atoms with E-state index in [0.717, 1.165) is 36.2 Å².